The van der Waals surface area contributed by atoms with Crippen LogP contribution >= 0.6 is 11.6 Å². The van der Waals surface area contributed by atoms with Gasteiger partial charge in [0.1, 0.15) is 0 Å². The molecular weight excluding hydrogens is 282 g/mol. The smallest absolute Gasteiger partial charge is 0.257 e. The molecule has 0 aliphatic carbocycles. The highest BCUT2D eigenvalue weighted by Gasteiger charge is 2.27. The number of hydrogen-bond acceptors (Lipinski definition) is 4. The van der Waals surface area contributed by atoms with Gasteiger partial charge >= 0.3 is 0 Å². The van der Waals surface area contributed by atoms with Crippen molar-refractivity contribution in [3.63, 3.8) is 0 Å². The lowest BCUT2D eigenvalue weighted by molar-refractivity contribution is -0.0446. The number of fused-ring (bicyclic) bond motifs is 1. The van der Waals surface area contributed by atoms with Crippen LogP contribution in [0.1, 0.15) is 10.4 Å². The number of carbonyl (C=O) groups is 1. The quantitative estimate of drug-likeness (QED) is 0.868. The molecular formula is C13H14ClN3O3. The van der Waals surface area contributed by atoms with E-state index in [1.165, 1.54) is 0 Å². The van der Waals surface area contributed by atoms with Gasteiger partial charge in [-0.3, -0.25) is 9.89 Å². The number of aromatic nitrogens is 2. The first-order chi connectivity index (χ1) is 9.70. The molecule has 1 saturated heterocycles. The Hall–Kier alpha value is -1.63. The molecule has 0 spiro atoms. The molecule has 1 amide bonds. The first-order valence-corrected chi connectivity index (χ1v) is 6.72. The number of carbonyl (C=O) groups excluding carboxylic acids is 1. The molecule has 1 atom stereocenters. The summed E-state index contributed by atoms with van der Waals surface area (Å²) in [4.78, 5) is 14.3. The highest BCUT2D eigenvalue weighted by atomic mass is 35.5. The number of nitrogens with zero attached hydrogens (tertiary/aromatic N) is 2. The van der Waals surface area contributed by atoms with Crippen LogP contribution in [0, 0.1) is 0 Å². The number of ether oxygens (including phenoxy) is 1. The van der Waals surface area contributed by atoms with E-state index in [0.717, 1.165) is 5.39 Å². The van der Waals surface area contributed by atoms with Crippen LogP contribution < -0.4 is 0 Å². The van der Waals surface area contributed by atoms with Crippen molar-refractivity contribution < 1.29 is 14.6 Å². The first kappa shape index (κ1) is 13.4. The summed E-state index contributed by atoms with van der Waals surface area (Å²) < 4.78 is 5.35. The van der Waals surface area contributed by atoms with Gasteiger partial charge in [-0.2, -0.15) is 5.10 Å². The number of aliphatic hydroxyl groups is 1. The topological polar surface area (TPSA) is 78.5 Å². The summed E-state index contributed by atoms with van der Waals surface area (Å²) in [6.07, 6.45) is 1.31. The second kappa shape index (κ2) is 5.40. The third-order valence-corrected chi connectivity index (χ3v) is 3.73. The van der Waals surface area contributed by atoms with Crippen molar-refractivity contribution in [3.8, 4) is 0 Å². The predicted molar refractivity (Wildman–Crippen MR) is 73.8 cm³/mol. The zero-order chi connectivity index (χ0) is 14.1. The molecule has 3 rings (SSSR count). The third-order valence-electron chi connectivity index (χ3n) is 3.41. The van der Waals surface area contributed by atoms with E-state index in [0.29, 0.717) is 35.8 Å². The molecule has 0 radical (unpaired) electrons. The highest BCUT2D eigenvalue weighted by molar-refractivity contribution is 6.35. The molecule has 2 aromatic rings. The summed E-state index contributed by atoms with van der Waals surface area (Å²) in [5.41, 5.74) is 1.05. The fourth-order valence-electron chi connectivity index (χ4n) is 2.37. The van der Waals surface area contributed by atoms with E-state index in [9.17, 15) is 4.79 Å². The van der Waals surface area contributed by atoms with E-state index in [2.05, 4.69) is 10.2 Å². The van der Waals surface area contributed by atoms with E-state index >= 15 is 0 Å². The molecule has 20 heavy (non-hydrogen) atoms. The Kier molecular flexibility index (Phi) is 3.60. The highest BCUT2D eigenvalue weighted by Crippen LogP contribution is 2.26. The van der Waals surface area contributed by atoms with Gasteiger partial charge in [-0.1, -0.05) is 11.6 Å². The van der Waals surface area contributed by atoms with E-state index in [4.69, 9.17) is 21.4 Å². The zero-order valence-corrected chi connectivity index (χ0v) is 11.4. The number of hydrogen-bond donors (Lipinski definition) is 2. The largest absolute Gasteiger partial charge is 0.394 e. The predicted octanol–water partition coefficient (Wildman–Crippen LogP) is 1.05. The van der Waals surface area contributed by atoms with Gasteiger partial charge in [0.05, 0.1) is 41.6 Å². The Balaban J connectivity index is 1.96. The number of H-pyrrole nitrogens is 1. The summed E-state index contributed by atoms with van der Waals surface area (Å²) in [5.74, 6) is -0.174. The van der Waals surface area contributed by atoms with E-state index in [1.54, 1.807) is 17.2 Å². The summed E-state index contributed by atoms with van der Waals surface area (Å²) in [6.45, 7) is 1.14. The molecule has 2 N–H and O–H groups in total. The van der Waals surface area contributed by atoms with Crippen LogP contribution in [0.2, 0.25) is 5.02 Å². The maximum absolute atomic E-state index is 12.7. The number of amides is 1. The SMILES string of the molecule is O=C(c1c(Cl)ccc2cn[nH]c12)N1CCOC(CO)C1. The molecule has 106 valence electrons. The monoisotopic (exact) mass is 295 g/mol. The van der Waals surface area contributed by atoms with Crippen molar-refractivity contribution in [1.29, 1.82) is 0 Å². The third kappa shape index (κ3) is 2.26. The van der Waals surface area contributed by atoms with Crippen LogP contribution in [0.25, 0.3) is 10.9 Å². The maximum atomic E-state index is 12.7. The Morgan fingerprint density at radius 3 is 3.25 bits per heavy atom. The van der Waals surface area contributed by atoms with E-state index in [-0.39, 0.29) is 18.6 Å². The Bertz CT molecular complexity index is 643. The van der Waals surface area contributed by atoms with Gasteiger partial charge in [0.2, 0.25) is 0 Å². The van der Waals surface area contributed by atoms with Crippen LogP contribution in [0.4, 0.5) is 0 Å². The number of halogens is 1. The molecule has 1 aliphatic rings. The van der Waals surface area contributed by atoms with Gasteiger partial charge in [0, 0.05) is 18.5 Å². The molecule has 1 fully saturated rings. The number of aromatic amines is 1. The molecule has 1 unspecified atom stereocenters. The molecule has 2 heterocycles. The van der Waals surface area contributed by atoms with Crippen LogP contribution in [-0.4, -0.2) is 58.5 Å². The zero-order valence-electron chi connectivity index (χ0n) is 10.7. The number of rotatable bonds is 2. The van der Waals surface area contributed by atoms with Gasteiger partial charge in [-0.05, 0) is 12.1 Å². The minimum Gasteiger partial charge on any atom is -0.394 e. The molecule has 0 saturated carbocycles. The average molecular weight is 296 g/mol. The molecule has 1 aromatic heterocycles. The van der Waals surface area contributed by atoms with Gasteiger partial charge in [0.15, 0.2) is 0 Å². The molecule has 1 aromatic carbocycles. The summed E-state index contributed by atoms with van der Waals surface area (Å²) in [7, 11) is 0. The number of aliphatic hydroxyl groups excluding tert-OH is 1. The number of nitrogens with one attached hydrogen (secondary N) is 1. The van der Waals surface area contributed by atoms with Crippen molar-refractivity contribution in [2.75, 3.05) is 26.3 Å². The lowest BCUT2D eigenvalue weighted by Crippen LogP contribution is -2.47. The van der Waals surface area contributed by atoms with Crippen molar-refractivity contribution in [1.82, 2.24) is 15.1 Å². The average Bonchev–Trinajstić information content (AvgIpc) is 2.95. The fourth-order valence-corrected chi connectivity index (χ4v) is 2.61. The van der Waals surface area contributed by atoms with Gasteiger partial charge in [-0.25, -0.2) is 0 Å². The van der Waals surface area contributed by atoms with Gasteiger partial charge in [0.25, 0.3) is 5.91 Å². The summed E-state index contributed by atoms with van der Waals surface area (Å²) in [6, 6.07) is 3.50. The fraction of sp³-hybridized carbons (Fsp3) is 0.385. The van der Waals surface area contributed by atoms with Gasteiger partial charge < -0.3 is 14.7 Å². The van der Waals surface area contributed by atoms with Crippen LogP contribution in [0.15, 0.2) is 18.3 Å². The Labute approximate surface area is 120 Å². The summed E-state index contributed by atoms with van der Waals surface area (Å²) in [5, 5.41) is 17.1. The van der Waals surface area contributed by atoms with E-state index < -0.39 is 0 Å². The maximum Gasteiger partial charge on any atom is 0.257 e. The number of morpholine rings is 1. The van der Waals surface area contributed by atoms with Gasteiger partial charge in [-0.15, -0.1) is 0 Å². The lowest BCUT2D eigenvalue weighted by atomic mass is 10.1. The van der Waals surface area contributed by atoms with Crippen molar-refractivity contribution in [2.24, 2.45) is 0 Å². The second-order valence-electron chi connectivity index (χ2n) is 4.68. The molecule has 7 heteroatoms. The minimum absolute atomic E-state index is 0.105. The Morgan fingerprint density at radius 1 is 1.60 bits per heavy atom. The van der Waals surface area contributed by atoms with Crippen LogP contribution in [-0.2, 0) is 4.74 Å². The van der Waals surface area contributed by atoms with Crippen LogP contribution in [0.3, 0.4) is 0 Å². The van der Waals surface area contributed by atoms with Crippen LogP contribution in [0.5, 0.6) is 0 Å². The lowest BCUT2D eigenvalue weighted by Gasteiger charge is -2.32. The van der Waals surface area contributed by atoms with Crippen molar-refractivity contribution >= 4 is 28.4 Å². The standard InChI is InChI=1S/C13H14ClN3O3/c14-10-2-1-8-5-15-16-12(8)11(10)13(19)17-3-4-20-9(6-17)7-18/h1-2,5,9,18H,3-4,6-7H2,(H,15,16). The Morgan fingerprint density at radius 2 is 2.45 bits per heavy atom. The minimum atomic E-state index is -0.340. The van der Waals surface area contributed by atoms with E-state index in [1.807, 2.05) is 6.07 Å². The second-order valence-corrected chi connectivity index (χ2v) is 5.09. The normalized spacial score (nSPS) is 19.5. The molecule has 0 bridgehead atoms. The number of benzene rings is 1. The first-order valence-electron chi connectivity index (χ1n) is 6.34. The summed E-state index contributed by atoms with van der Waals surface area (Å²) >= 11 is 6.17. The van der Waals surface area contributed by atoms with Crippen molar-refractivity contribution in [3.05, 3.63) is 28.9 Å². The molecule has 1 aliphatic heterocycles. The van der Waals surface area contributed by atoms with Crippen molar-refractivity contribution in [2.45, 2.75) is 6.10 Å². The molecule has 6 nitrogen and oxygen atoms in total.